The van der Waals surface area contributed by atoms with E-state index in [2.05, 4.69) is 4.74 Å². The van der Waals surface area contributed by atoms with Crippen molar-refractivity contribution in [3.63, 3.8) is 0 Å². The molecular formula is C10H9Cl2F3O. The lowest BCUT2D eigenvalue weighted by Crippen LogP contribution is -2.18. The van der Waals surface area contributed by atoms with Crippen molar-refractivity contribution in [3.8, 4) is 5.75 Å². The van der Waals surface area contributed by atoms with E-state index >= 15 is 0 Å². The highest BCUT2D eigenvalue weighted by molar-refractivity contribution is 6.32. The highest BCUT2D eigenvalue weighted by atomic mass is 35.5. The maximum Gasteiger partial charge on any atom is 0.573 e. The number of rotatable bonds is 4. The fraction of sp³-hybridized carbons (Fsp3) is 0.400. The van der Waals surface area contributed by atoms with E-state index in [1.807, 2.05) is 0 Å². The zero-order chi connectivity index (χ0) is 12.2. The lowest BCUT2D eigenvalue weighted by Gasteiger charge is -2.14. The Bertz CT molecular complexity index is 352. The van der Waals surface area contributed by atoms with E-state index in [0.29, 0.717) is 24.3 Å². The summed E-state index contributed by atoms with van der Waals surface area (Å²) >= 11 is 11.1. The molecule has 0 aromatic heterocycles. The molecule has 0 fully saturated rings. The van der Waals surface area contributed by atoms with E-state index in [-0.39, 0.29) is 10.8 Å². The third kappa shape index (κ3) is 4.10. The quantitative estimate of drug-likeness (QED) is 0.738. The van der Waals surface area contributed by atoms with Gasteiger partial charge in [-0.15, -0.1) is 24.8 Å². The Morgan fingerprint density at radius 3 is 2.50 bits per heavy atom. The van der Waals surface area contributed by atoms with Crippen molar-refractivity contribution in [1.29, 1.82) is 0 Å². The van der Waals surface area contributed by atoms with Crippen LogP contribution < -0.4 is 4.74 Å². The van der Waals surface area contributed by atoms with Gasteiger partial charge in [0.05, 0.1) is 5.02 Å². The number of hydrogen-bond acceptors (Lipinski definition) is 1. The molecule has 90 valence electrons. The van der Waals surface area contributed by atoms with E-state index in [0.717, 1.165) is 0 Å². The smallest absolute Gasteiger partial charge is 0.404 e. The number of aryl methyl sites for hydroxylation is 1. The van der Waals surface area contributed by atoms with Crippen LogP contribution >= 0.6 is 23.2 Å². The second kappa shape index (κ2) is 5.64. The van der Waals surface area contributed by atoms with E-state index in [1.165, 1.54) is 6.07 Å². The number of halogens is 5. The monoisotopic (exact) mass is 272 g/mol. The molecule has 6 heteroatoms. The van der Waals surface area contributed by atoms with Crippen LogP contribution in [0.25, 0.3) is 0 Å². The zero-order valence-corrected chi connectivity index (χ0v) is 9.66. The molecule has 0 spiro atoms. The van der Waals surface area contributed by atoms with Gasteiger partial charge in [-0.2, -0.15) is 0 Å². The fourth-order valence-corrected chi connectivity index (χ4v) is 1.60. The maximum absolute atomic E-state index is 12.1. The average Bonchev–Trinajstić information content (AvgIpc) is 2.17. The van der Waals surface area contributed by atoms with Crippen molar-refractivity contribution >= 4 is 23.2 Å². The van der Waals surface area contributed by atoms with Crippen LogP contribution in [0.3, 0.4) is 0 Å². The summed E-state index contributed by atoms with van der Waals surface area (Å²) in [6.07, 6.45) is -3.77. The summed E-state index contributed by atoms with van der Waals surface area (Å²) in [4.78, 5) is 0. The van der Waals surface area contributed by atoms with E-state index in [9.17, 15) is 13.2 Å². The Labute approximate surface area is 101 Å². The Hall–Kier alpha value is -0.610. The van der Waals surface area contributed by atoms with Gasteiger partial charge in [0.25, 0.3) is 0 Å². The molecule has 0 aliphatic rings. The van der Waals surface area contributed by atoms with Gasteiger partial charge in [0.1, 0.15) is 0 Å². The van der Waals surface area contributed by atoms with Gasteiger partial charge in [0.2, 0.25) is 0 Å². The minimum absolute atomic E-state index is 0.0515. The van der Waals surface area contributed by atoms with Gasteiger partial charge in [-0.05, 0) is 24.5 Å². The lowest BCUT2D eigenvalue weighted by molar-refractivity contribution is -0.274. The third-order valence-corrected chi connectivity index (χ3v) is 2.41. The molecule has 0 amide bonds. The summed E-state index contributed by atoms with van der Waals surface area (Å²) in [6, 6.07) is 4.47. The highest BCUT2D eigenvalue weighted by Crippen LogP contribution is 2.34. The fourth-order valence-electron chi connectivity index (χ4n) is 1.24. The number of ether oxygens (including phenoxy) is 1. The molecule has 1 aromatic carbocycles. The first kappa shape index (κ1) is 13.5. The van der Waals surface area contributed by atoms with Crippen LogP contribution in [0.4, 0.5) is 13.2 Å². The first-order valence-corrected chi connectivity index (χ1v) is 5.44. The molecule has 1 aromatic rings. The minimum Gasteiger partial charge on any atom is -0.404 e. The molecule has 0 N–H and O–H groups in total. The van der Waals surface area contributed by atoms with Crippen LogP contribution in [-0.4, -0.2) is 12.2 Å². The molecule has 0 bridgehead atoms. The molecule has 0 aliphatic carbocycles. The molecule has 1 nitrogen and oxygen atoms in total. The predicted octanol–water partition coefficient (Wildman–Crippen LogP) is 4.41. The normalized spacial score (nSPS) is 11.6. The number of para-hydroxylation sites is 1. The van der Waals surface area contributed by atoms with Crippen LogP contribution in [0.1, 0.15) is 12.0 Å². The van der Waals surface area contributed by atoms with Crippen LogP contribution in [0.5, 0.6) is 5.75 Å². The minimum atomic E-state index is -4.74. The van der Waals surface area contributed by atoms with Gasteiger partial charge in [-0.1, -0.05) is 23.7 Å². The van der Waals surface area contributed by atoms with Gasteiger partial charge in [0.15, 0.2) is 5.75 Å². The van der Waals surface area contributed by atoms with Gasteiger partial charge in [-0.3, -0.25) is 0 Å². The van der Waals surface area contributed by atoms with Gasteiger partial charge in [-0.25, -0.2) is 0 Å². The Morgan fingerprint density at radius 2 is 1.94 bits per heavy atom. The Balaban J connectivity index is 2.94. The molecule has 0 aliphatic heterocycles. The summed E-state index contributed by atoms with van der Waals surface area (Å²) in [5, 5.41) is -0.0515. The zero-order valence-electron chi connectivity index (χ0n) is 8.15. The first-order valence-electron chi connectivity index (χ1n) is 4.53. The maximum atomic E-state index is 12.1. The molecule has 16 heavy (non-hydrogen) atoms. The largest absolute Gasteiger partial charge is 0.573 e. The van der Waals surface area contributed by atoms with Crippen molar-refractivity contribution in [3.05, 3.63) is 28.8 Å². The van der Waals surface area contributed by atoms with Crippen molar-refractivity contribution in [1.82, 2.24) is 0 Å². The van der Waals surface area contributed by atoms with Crippen LogP contribution in [0.15, 0.2) is 18.2 Å². The molecule has 0 saturated heterocycles. The summed E-state index contributed by atoms with van der Waals surface area (Å²) in [5.74, 6) is 0.0413. The van der Waals surface area contributed by atoms with Crippen LogP contribution in [0, 0.1) is 0 Å². The summed E-state index contributed by atoms with van der Waals surface area (Å²) in [5.41, 5.74) is 0.408. The highest BCUT2D eigenvalue weighted by Gasteiger charge is 2.33. The Morgan fingerprint density at radius 1 is 1.25 bits per heavy atom. The molecule has 0 radical (unpaired) electrons. The molecular weight excluding hydrogens is 264 g/mol. The second-order valence-electron chi connectivity index (χ2n) is 3.07. The number of hydrogen-bond donors (Lipinski definition) is 0. The van der Waals surface area contributed by atoms with Crippen molar-refractivity contribution < 1.29 is 17.9 Å². The molecule has 0 heterocycles. The van der Waals surface area contributed by atoms with E-state index in [4.69, 9.17) is 23.2 Å². The van der Waals surface area contributed by atoms with Crippen LogP contribution in [0.2, 0.25) is 5.02 Å². The van der Waals surface area contributed by atoms with E-state index < -0.39 is 6.36 Å². The van der Waals surface area contributed by atoms with Crippen molar-refractivity contribution in [2.45, 2.75) is 19.2 Å². The topological polar surface area (TPSA) is 9.23 Å². The molecule has 0 saturated carbocycles. The lowest BCUT2D eigenvalue weighted by atomic mass is 10.1. The molecule has 0 unspecified atom stereocenters. The van der Waals surface area contributed by atoms with Gasteiger partial charge >= 0.3 is 6.36 Å². The van der Waals surface area contributed by atoms with Gasteiger partial charge < -0.3 is 4.74 Å². The number of benzene rings is 1. The summed E-state index contributed by atoms with van der Waals surface area (Å²) in [6.45, 7) is 0. The van der Waals surface area contributed by atoms with Crippen molar-refractivity contribution in [2.75, 3.05) is 5.88 Å². The summed E-state index contributed by atoms with van der Waals surface area (Å²) in [7, 11) is 0. The summed E-state index contributed by atoms with van der Waals surface area (Å²) < 4.78 is 40.2. The van der Waals surface area contributed by atoms with E-state index in [1.54, 1.807) is 12.1 Å². The Kier molecular flexibility index (Phi) is 4.74. The number of alkyl halides is 4. The second-order valence-corrected chi connectivity index (χ2v) is 3.85. The van der Waals surface area contributed by atoms with Gasteiger partial charge in [0, 0.05) is 5.88 Å². The van der Waals surface area contributed by atoms with Crippen LogP contribution in [-0.2, 0) is 6.42 Å². The van der Waals surface area contributed by atoms with Crippen molar-refractivity contribution in [2.24, 2.45) is 0 Å². The average molecular weight is 273 g/mol. The molecule has 1 rings (SSSR count). The third-order valence-electron chi connectivity index (χ3n) is 1.85. The molecule has 0 atom stereocenters. The SMILES string of the molecule is FC(F)(F)Oc1c(Cl)cccc1CCCCl. The standard InChI is InChI=1S/C10H9Cl2F3O/c11-6-2-4-7-3-1-5-8(12)9(7)16-10(13,14)15/h1,3,5H,2,4,6H2. The predicted molar refractivity (Wildman–Crippen MR) is 57.2 cm³/mol. The first-order chi connectivity index (χ1) is 7.44.